The number of hydrogen-bond donors (Lipinski definition) is 1. The summed E-state index contributed by atoms with van der Waals surface area (Å²) in [6, 6.07) is 1.68. The lowest BCUT2D eigenvalue weighted by molar-refractivity contribution is -0.121. The van der Waals surface area contributed by atoms with E-state index in [4.69, 9.17) is 16.3 Å². The molecule has 122 valence electrons. The van der Waals surface area contributed by atoms with Crippen LogP contribution in [-0.4, -0.2) is 27.9 Å². The molecule has 1 aliphatic heterocycles. The van der Waals surface area contributed by atoms with Crippen LogP contribution in [0.15, 0.2) is 35.2 Å². The van der Waals surface area contributed by atoms with Crippen LogP contribution in [0.4, 0.5) is 0 Å². The minimum absolute atomic E-state index is 0.0282. The fourth-order valence-corrected chi connectivity index (χ4v) is 3.59. The number of nitrogens with zero attached hydrogens (tertiary/aromatic N) is 2. The Morgan fingerprint density at radius 1 is 1.39 bits per heavy atom. The molecule has 5 nitrogen and oxygen atoms in total. The smallest absolute Gasteiger partial charge is 0.216 e. The molecule has 1 aliphatic carbocycles. The normalized spacial score (nSPS) is 30.5. The number of ether oxygens (including phenoxy) is 1. The van der Waals surface area contributed by atoms with E-state index < -0.39 is 10.4 Å². The van der Waals surface area contributed by atoms with Gasteiger partial charge in [0.15, 0.2) is 5.78 Å². The van der Waals surface area contributed by atoms with Crippen LogP contribution < -0.4 is 10.1 Å². The first-order valence-corrected chi connectivity index (χ1v) is 7.97. The molecule has 0 fully saturated rings. The molecule has 0 aromatic carbocycles. The van der Waals surface area contributed by atoms with Crippen molar-refractivity contribution in [3.8, 4) is 5.88 Å². The zero-order chi connectivity index (χ0) is 16.8. The number of methoxy groups -OCH3 is 1. The molecule has 3 rings (SSSR count). The second-order valence-electron chi connectivity index (χ2n) is 6.47. The van der Waals surface area contributed by atoms with Gasteiger partial charge in [-0.3, -0.25) is 4.79 Å². The Labute approximate surface area is 140 Å². The quantitative estimate of drug-likeness (QED) is 0.666. The average Bonchev–Trinajstić information content (AvgIpc) is 2.49. The highest BCUT2D eigenvalue weighted by atomic mass is 35.5. The molecule has 1 aromatic rings. The third-order valence-corrected chi connectivity index (χ3v) is 4.72. The predicted octanol–water partition coefficient (Wildman–Crippen LogP) is 2.86. The van der Waals surface area contributed by atoms with Crippen LogP contribution in [0.25, 0.3) is 0 Å². The fraction of sp³-hybridized carbons (Fsp3) is 0.471. The summed E-state index contributed by atoms with van der Waals surface area (Å²) >= 11 is 6.39. The van der Waals surface area contributed by atoms with Gasteiger partial charge in [0.2, 0.25) is 5.88 Å². The number of rotatable bonds is 2. The topological polar surface area (TPSA) is 64.1 Å². The number of alkyl halides is 1. The monoisotopic (exact) mass is 333 g/mol. The summed E-state index contributed by atoms with van der Waals surface area (Å²) < 4.78 is 5.17. The Balaban J connectivity index is 2.04. The third-order valence-electron chi connectivity index (χ3n) is 4.51. The van der Waals surface area contributed by atoms with E-state index in [9.17, 15) is 4.79 Å². The largest absolute Gasteiger partial charge is 0.481 e. The van der Waals surface area contributed by atoms with Crippen molar-refractivity contribution in [2.45, 2.75) is 44.0 Å². The molecular formula is C17H20ClN3O2. The molecule has 0 saturated carbocycles. The molecule has 0 radical (unpaired) electrons. The Morgan fingerprint density at radius 2 is 2.13 bits per heavy atom. The average molecular weight is 334 g/mol. The third kappa shape index (κ3) is 2.63. The second-order valence-corrected chi connectivity index (χ2v) is 7.25. The number of ketones is 1. The van der Waals surface area contributed by atoms with Crippen LogP contribution in [0.1, 0.15) is 39.4 Å². The highest BCUT2D eigenvalue weighted by molar-refractivity contribution is 6.25. The summed E-state index contributed by atoms with van der Waals surface area (Å²) in [6.07, 6.45) is 4.86. The first kappa shape index (κ1) is 16.0. The number of aromatic nitrogens is 2. The number of halogens is 1. The minimum atomic E-state index is -0.760. The van der Waals surface area contributed by atoms with Crippen molar-refractivity contribution in [2.24, 2.45) is 0 Å². The van der Waals surface area contributed by atoms with Crippen LogP contribution in [0, 0.1) is 0 Å². The van der Waals surface area contributed by atoms with E-state index in [0.29, 0.717) is 23.7 Å². The van der Waals surface area contributed by atoms with Gasteiger partial charge in [-0.15, -0.1) is 0 Å². The van der Waals surface area contributed by atoms with Gasteiger partial charge in [0.25, 0.3) is 0 Å². The van der Waals surface area contributed by atoms with Crippen LogP contribution >= 0.6 is 11.6 Å². The second kappa shape index (κ2) is 5.34. The lowest BCUT2D eigenvalue weighted by Gasteiger charge is -2.39. The summed E-state index contributed by atoms with van der Waals surface area (Å²) in [5.74, 6) is 0.993. The molecule has 0 spiro atoms. The SMILES string of the molecule is COc1ccnc(C2(C)CCC3=C(C2=O)C(C)=CC(C)(Cl)N3)n1. The zero-order valence-corrected chi connectivity index (χ0v) is 14.5. The van der Waals surface area contributed by atoms with E-state index in [1.807, 2.05) is 26.8 Å². The van der Waals surface area contributed by atoms with Crippen LogP contribution in [0.2, 0.25) is 0 Å². The van der Waals surface area contributed by atoms with Crippen LogP contribution in [0.5, 0.6) is 5.88 Å². The molecule has 2 aliphatic rings. The van der Waals surface area contributed by atoms with Crippen molar-refractivity contribution in [3.05, 3.63) is 41.0 Å². The van der Waals surface area contributed by atoms with Crippen molar-refractivity contribution in [1.29, 1.82) is 0 Å². The van der Waals surface area contributed by atoms with E-state index in [0.717, 1.165) is 17.7 Å². The number of nitrogens with one attached hydrogen (secondary N) is 1. The summed E-state index contributed by atoms with van der Waals surface area (Å²) in [7, 11) is 1.55. The Kier molecular flexibility index (Phi) is 3.71. The standard InChI is InChI=1S/C17H20ClN3O2/c1-10-9-17(3,18)21-11-5-7-16(2,14(22)13(10)11)15-19-8-6-12(20-15)23-4/h6,8-9,21H,5,7H2,1-4H3. The zero-order valence-electron chi connectivity index (χ0n) is 13.7. The molecule has 1 aromatic heterocycles. The van der Waals surface area contributed by atoms with Gasteiger partial charge in [0.05, 0.1) is 12.5 Å². The maximum atomic E-state index is 13.2. The van der Waals surface area contributed by atoms with Crippen LogP contribution in [-0.2, 0) is 10.2 Å². The number of Topliss-reactive ketones (excluding diaryl/α,β-unsaturated/α-hetero) is 1. The highest BCUT2D eigenvalue weighted by Gasteiger charge is 2.46. The maximum Gasteiger partial charge on any atom is 0.216 e. The van der Waals surface area contributed by atoms with Gasteiger partial charge < -0.3 is 10.1 Å². The molecule has 6 heteroatoms. The van der Waals surface area contributed by atoms with Gasteiger partial charge in [-0.05, 0) is 45.3 Å². The van der Waals surface area contributed by atoms with Gasteiger partial charge in [0, 0.05) is 23.5 Å². The minimum Gasteiger partial charge on any atom is -0.481 e. The summed E-state index contributed by atoms with van der Waals surface area (Å²) in [4.78, 5) is 21.3. The molecule has 1 N–H and O–H groups in total. The lowest BCUT2D eigenvalue weighted by Crippen LogP contribution is -2.46. The molecule has 0 saturated heterocycles. The molecule has 0 bridgehead atoms. The molecular weight excluding hydrogens is 314 g/mol. The van der Waals surface area contributed by atoms with Gasteiger partial charge >= 0.3 is 0 Å². The Morgan fingerprint density at radius 3 is 2.83 bits per heavy atom. The van der Waals surface area contributed by atoms with E-state index in [2.05, 4.69) is 15.3 Å². The van der Waals surface area contributed by atoms with Gasteiger partial charge in [0.1, 0.15) is 10.8 Å². The Hall–Kier alpha value is -1.88. The number of carbonyl (C=O) groups is 1. The number of dihydropyridines is 1. The fourth-order valence-electron chi connectivity index (χ4n) is 3.31. The maximum absolute atomic E-state index is 13.2. The molecule has 2 atom stereocenters. The van der Waals surface area contributed by atoms with Gasteiger partial charge in [-0.1, -0.05) is 11.6 Å². The number of carbonyl (C=O) groups excluding carboxylic acids is 1. The highest BCUT2D eigenvalue weighted by Crippen LogP contribution is 2.42. The number of allylic oxidation sites excluding steroid dienone is 3. The van der Waals surface area contributed by atoms with Gasteiger partial charge in [-0.2, -0.15) is 4.98 Å². The van der Waals surface area contributed by atoms with E-state index >= 15 is 0 Å². The Bertz CT molecular complexity index is 739. The molecule has 0 amide bonds. The van der Waals surface area contributed by atoms with Crippen molar-refractivity contribution in [2.75, 3.05) is 7.11 Å². The molecule has 2 heterocycles. The lowest BCUT2D eigenvalue weighted by atomic mass is 9.70. The summed E-state index contributed by atoms with van der Waals surface area (Å²) in [5, 5.41) is 3.25. The van der Waals surface area contributed by atoms with Crippen molar-refractivity contribution >= 4 is 17.4 Å². The predicted molar refractivity (Wildman–Crippen MR) is 88.4 cm³/mol. The first-order chi connectivity index (χ1) is 10.8. The summed E-state index contributed by atoms with van der Waals surface area (Å²) in [5.41, 5.74) is 1.76. The van der Waals surface area contributed by atoms with Crippen LogP contribution in [0.3, 0.4) is 0 Å². The van der Waals surface area contributed by atoms with E-state index in [1.54, 1.807) is 19.4 Å². The number of hydrogen-bond acceptors (Lipinski definition) is 5. The first-order valence-electron chi connectivity index (χ1n) is 7.59. The molecule has 2 unspecified atom stereocenters. The van der Waals surface area contributed by atoms with Crippen molar-refractivity contribution in [1.82, 2.24) is 15.3 Å². The van der Waals surface area contributed by atoms with Gasteiger partial charge in [-0.25, -0.2) is 4.98 Å². The summed E-state index contributed by atoms with van der Waals surface area (Å²) in [6.45, 7) is 5.70. The van der Waals surface area contributed by atoms with Crippen molar-refractivity contribution < 1.29 is 9.53 Å². The van der Waals surface area contributed by atoms with Crippen molar-refractivity contribution in [3.63, 3.8) is 0 Å². The van der Waals surface area contributed by atoms with E-state index in [-0.39, 0.29) is 5.78 Å². The van der Waals surface area contributed by atoms with E-state index in [1.165, 1.54) is 0 Å². The molecule has 23 heavy (non-hydrogen) atoms.